The van der Waals surface area contributed by atoms with Gasteiger partial charge in [-0.1, -0.05) is 0 Å². The molecule has 1 aromatic carbocycles. The van der Waals surface area contributed by atoms with E-state index in [1.807, 2.05) is 0 Å². The van der Waals surface area contributed by atoms with E-state index in [9.17, 15) is 26.3 Å². The van der Waals surface area contributed by atoms with E-state index < -0.39 is 39.3 Å². The summed E-state index contributed by atoms with van der Waals surface area (Å²) >= 11 is 16.3. The van der Waals surface area contributed by atoms with Crippen LogP contribution in [0.2, 0.25) is 0 Å². The Bertz CT molecular complexity index is 419. The van der Waals surface area contributed by atoms with Crippen molar-refractivity contribution in [1.29, 1.82) is 0 Å². The van der Waals surface area contributed by atoms with Crippen molar-refractivity contribution in [3.8, 4) is 0 Å². The smallest absolute Gasteiger partial charge is 0.166 e. The molecule has 0 N–H and O–H groups in total. The molecule has 1 aromatic rings. The number of hydrogen-bond acceptors (Lipinski definition) is 0. The first-order valence-electron chi connectivity index (χ1n) is 4.64. The summed E-state index contributed by atoms with van der Waals surface area (Å²) < 4.78 is 75.1. The maximum atomic E-state index is 12.5. The molecule has 0 aliphatic heterocycles. The molecule has 0 aliphatic rings. The monoisotopic (exact) mass is 344 g/mol. The summed E-state index contributed by atoms with van der Waals surface area (Å²) in [4.78, 5) is -1.34. The van der Waals surface area contributed by atoms with E-state index >= 15 is 0 Å². The average Bonchev–Trinajstić information content (AvgIpc) is 2.24. The van der Waals surface area contributed by atoms with Crippen molar-refractivity contribution in [2.24, 2.45) is 0 Å². The lowest BCUT2D eigenvalue weighted by molar-refractivity contribution is -0.143. The highest BCUT2D eigenvalue weighted by Gasteiger charge is 2.37. The highest BCUT2D eigenvalue weighted by Crippen LogP contribution is 2.40. The second-order valence-electron chi connectivity index (χ2n) is 3.58. The summed E-state index contributed by atoms with van der Waals surface area (Å²) in [5.41, 5.74) is -3.37. The second kappa shape index (κ2) is 5.58. The normalized spacial score (nSPS) is 14.8. The Morgan fingerprint density at radius 2 is 1.11 bits per heavy atom. The molecule has 0 heterocycles. The van der Waals surface area contributed by atoms with Crippen LogP contribution in [0.15, 0.2) is 18.2 Å². The lowest BCUT2D eigenvalue weighted by Gasteiger charge is -2.17. The van der Waals surface area contributed by atoms with Gasteiger partial charge in [0.2, 0.25) is 0 Å². The molecule has 1 atom stereocenters. The van der Waals surface area contributed by atoms with E-state index in [-0.39, 0.29) is 6.07 Å². The first-order valence-corrected chi connectivity index (χ1v) is 5.95. The lowest BCUT2D eigenvalue weighted by Crippen LogP contribution is -2.13. The summed E-state index contributed by atoms with van der Waals surface area (Å²) in [5.74, 6) is 0. The summed E-state index contributed by atoms with van der Waals surface area (Å²) in [6.45, 7) is 0. The van der Waals surface area contributed by atoms with Gasteiger partial charge in [-0.15, -0.1) is 34.8 Å². The highest BCUT2D eigenvalue weighted by molar-refractivity contribution is 6.48. The topological polar surface area (TPSA) is 0 Å². The predicted molar refractivity (Wildman–Crippen MR) is 60.5 cm³/mol. The van der Waals surface area contributed by atoms with Crippen LogP contribution in [-0.2, 0) is 12.4 Å². The number of alkyl halides is 9. The predicted octanol–water partition coefficient (Wildman–Crippen LogP) is 5.81. The van der Waals surface area contributed by atoms with E-state index in [4.69, 9.17) is 34.8 Å². The molecule has 0 amide bonds. The molecular formula is C10H5Cl3F6. The summed E-state index contributed by atoms with van der Waals surface area (Å²) in [5, 5.41) is -1.38. The van der Waals surface area contributed by atoms with Crippen molar-refractivity contribution in [3.05, 3.63) is 34.9 Å². The van der Waals surface area contributed by atoms with Gasteiger partial charge in [0, 0.05) is 0 Å². The molecule has 0 nitrogen and oxygen atoms in total. The molecular weight excluding hydrogens is 340 g/mol. The van der Waals surface area contributed by atoms with Gasteiger partial charge in [0.1, 0.15) is 4.84 Å². The van der Waals surface area contributed by atoms with Gasteiger partial charge in [0.05, 0.1) is 16.5 Å². The Balaban J connectivity index is 3.41. The third kappa shape index (κ3) is 4.33. The Morgan fingerprint density at radius 1 is 0.737 bits per heavy atom. The minimum absolute atomic E-state index is 0.00454. The zero-order valence-corrected chi connectivity index (χ0v) is 11.1. The van der Waals surface area contributed by atoms with Crippen molar-refractivity contribution in [2.45, 2.75) is 22.6 Å². The van der Waals surface area contributed by atoms with Gasteiger partial charge in [-0.05, 0) is 23.8 Å². The van der Waals surface area contributed by atoms with Crippen LogP contribution in [0.3, 0.4) is 0 Å². The average molecular weight is 345 g/mol. The molecule has 0 aromatic heterocycles. The third-order valence-electron chi connectivity index (χ3n) is 2.15. The fraction of sp³-hybridized carbons (Fsp3) is 0.400. The van der Waals surface area contributed by atoms with Crippen LogP contribution >= 0.6 is 34.8 Å². The molecule has 0 bridgehead atoms. The van der Waals surface area contributed by atoms with Crippen molar-refractivity contribution in [2.75, 3.05) is 0 Å². The number of halogens is 9. The summed E-state index contributed by atoms with van der Waals surface area (Å²) in [6.07, 6.45) is -9.86. The largest absolute Gasteiger partial charge is 0.416 e. The number of rotatable bonds is 2. The molecule has 0 saturated carbocycles. The fourth-order valence-corrected chi connectivity index (χ4v) is 1.70. The second-order valence-corrected chi connectivity index (χ2v) is 5.21. The van der Waals surface area contributed by atoms with Crippen LogP contribution in [0.25, 0.3) is 0 Å². The molecule has 9 heteroatoms. The lowest BCUT2D eigenvalue weighted by atomic mass is 10.0. The fourth-order valence-electron chi connectivity index (χ4n) is 1.28. The Morgan fingerprint density at radius 3 is 1.37 bits per heavy atom. The van der Waals surface area contributed by atoms with Gasteiger partial charge in [-0.25, -0.2) is 0 Å². The van der Waals surface area contributed by atoms with E-state index in [0.717, 1.165) is 0 Å². The molecule has 0 fully saturated rings. The van der Waals surface area contributed by atoms with Gasteiger partial charge in [-0.2, -0.15) is 26.3 Å². The van der Waals surface area contributed by atoms with E-state index in [1.54, 1.807) is 0 Å². The van der Waals surface area contributed by atoms with Crippen LogP contribution in [0, 0.1) is 0 Å². The van der Waals surface area contributed by atoms with E-state index in [2.05, 4.69) is 0 Å². The molecule has 0 aliphatic carbocycles. The molecule has 108 valence electrons. The Kier molecular flexibility index (Phi) is 4.91. The Hall–Kier alpha value is -0.330. The summed E-state index contributed by atoms with van der Waals surface area (Å²) in [6, 6.07) is 0.986. The van der Waals surface area contributed by atoms with Crippen molar-refractivity contribution < 1.29 is 26.3 Å². The first kappa shape index (κ1) is 16.7. The SMILES string of the molecule is FC(F)(F)c1cc(C(Cl)C(Cl)Cl)cc(C(F)(F)F)c1. The van der Waals surface area contributed by atoms with Gasteiger partial charge < -0.3 is 0 Å². The molecule has 19 heavy (non-hydrogen) atoms. The van der Waals surface area contributed by atoms with Gasteiger partial charge in [-0.3, -0.25) is 0 Å². The van der Waals surface area contributed by atoms with Crippen molar-refractivity contribution >= 4 is 34.8 Å². The Labute approximate surface area is 119 Å². The number of hydrogen-bond donors (Lipinski definition) is 0. The molecule has 1 rings (SSSR count). The van der Waals surface area contributed by atoms with Crippen molar-refractivity contribution in [3.63, 3.8) is 0 Å². The minimum atomic E-state index is -4.93. The van der Waals surface area contributed by atoms with Gasteiger partial charge in [0.25, 0.3) is 0 Å². The third-order valence-corrected chi connectivity index (χ3v) is 3.42. The van der Waals surface area contributed by atoms with Gasteiger partial charge in [0.15, 0.2) is 0 Å². The van der Waals surface area contributed by atoms with E-state index in [0.29, 0.717) is 12.1 Å². The maximum Gasteiger partial charge on any atom is 0.416 e. The van der Waals surface area contributed by atoms with E-state index in [1.165, 1.54) is 0 Å². The van der Waals surface area contributed by atoms with Gasteiger partial charge >= 0.3 is 12.4 Å². The van der Waals surface area contributed by atoms with Crippen LogP contribution in [0.1, 0.15) is 22.1 Å². The quantitative estimate of drug-likeness (QED) is 0.469. The standard InChI is InChI=1S/C10H5Cl3F6/c11-7(8(12)13)4-1-5(9(14,15)16)3-6(2-4)10(17,18)19/h1-3,7-8H. The van der Waals surface area contributed by atoms with Crippen LogP contribution in [0.4, 0.5) is 26.3 Å². The highest BCUT2D eigenvalue weighted by atomic mass is 35.5. The maximum absolute atomic E-state index is 12.5. The van der Waals surface area contributed by atoms with Crippen molar-refractivity contribution in [1.82, 2.24) is 0 Å². The molecule has 0 saturated heterocycles. The minimum Gasteiger partial charge on any atom is -0.166 e. The summed E-state index contributed by atoms with van der Waals surface area (Å²) in [7, 11) is 0. The first-order chi connectivity index (χ1) is 8.43. The zero-order chi connectivity index (χ0) is 15.0. The van der Waals surface area contributed by atoms with Crippen LogP contribution < -0.4 is 0 Å². The molecule has 0 radical (unpaired) electrons. The van der Waals surface area contributed by atoms with Crippen LogP contribution in [-0.4, -0.2) is 4.84 Å². The molecule has 0 spiro atoms. The molecule has 1 unspecified atom stereocenters. The zero-order valence-electron chi connectivity index (χ0n) is 8.79. The number of benzene rings is 1. The van der Waals surface area contributed by atoms with Crippen LogP contribution in [0.5, 0.6) is 0 Å².